The second kappa shape index (κ2) is 7.36. The Labute approximate surface area is 168 Å². The number of halogens is 3. The van der Waals surface area contributed by atoms with Gasteiger partial charge in [-0.3, -0.25) is 4.79 Å². The number of carbonyl (C=O) groups is 1. The summed E-state index contributed by atoms with van der Waals surface area (Å²) in [5.74, 6) is -1.24. The Morgan fingerprint density at radius 1 is 0.828 bits per heavy atom. The van der Waals surface area contributed by atoms with Gasteiger partial charge in [-0.05, 0) is 72.0 Å². The molecule has 0 aliphatic heterocycles. The fraction of sp³-hybridized carbons (Fsp3) is 0.375. The number of esters is 1. The van der Waals surface area contributed by atoms with Gasteiger partial charge in [0.25, 0.3) is 0 Å². The number of fused-ring (bicyclic) bond motifs is 2. The van der Waals surface area contributed by atoms with Crippen LogP contribution in [0.1, 0.15) is 46.1 Å². The van der Waals surface area contributed by atoms with Crippen molar-refractivity contribution in [2.45, 2.75) is 52.3 Å². The average molecular weight is 402 g/mol. The molecular formula is C24H25F3O2. The summed E-state index contributed by atoms with van der Waals surface area (Å²) in [5.41, 5.74) is -3.01. The summed E-state index contributed by atoms with van der Waals surface area (Å²) in [6.45, 7) is 5.71. The maximum atomic E-state index is 13.5. The molecule has 154 valence electrons. The number of alkyl halides is 3. The van der Waals surface area contributed by atoms with Gasteiger partial charge in [-0.25, -0.2) is 0 Å². The minimum Gasteiger partial charge on any atom is -0.454 e. The molecule has 0 saturated heterocycles. The van der Waals surface area contributed by atoms with Gasteiger partial charge in [0.1, 0.15) is 5.60 Å². The van der Waals surface area contributed by atoms with Gasteiger partial charge in [0.05, 0.1) is 0 Å². The van der Waals surface area contributed by atoms with Crippen molar-refractivity contribution in [1.29, 1.82) is 0 Å². The first kappa shape index (κ1) is 21.2. The van der Waals surface area contributed by atoms with E-state index in [0.29, 0.717) is 12.0 Å². The van der Waals surface area contributed by atoms with Crippen LogP contribution in [0.4, 0.5) is 13.2 Å². The van der Waals surface area contributed by atoms with Crippen LogP contribution in [-0.2, 0) is 15.1 Å². The summed E-state index contributed by atoms with van der Waals surface area (Å²) in [7, 11) is 0. The van der Waals surface area contributed by atoms with Gasteiger partial charge >= 0.3 is 12.1 Å². The van der Waals surface area contributed by atoms with E-state index < -0.39 is 23.2 Å². The Morgan fingerprint density at radius 3 is 1.90 bits per heavy atom. The van der Waals surface area contributed by atoms with Crippen LogP contribution in [0.25, 0.3) is 21.5 Å². The van der Waals surface area contributed by atoms with Gasteiger partial charge in [0.2, 0.25) is 0 Å². The molecule has 0 aliphatic carbocycles. The van der Waals surface area contributed by atoms with Crippen LogP contribution < -0.4 is 0 Å². The lowest BCUT2D eigenvalue weighted by Crippen LogP contribution is -2.46. The maximum Gasteiger partial charge on any atom is 0.404 e. The van der Waals surface area contributed by atoms with Crippen molar-refractivity contribution in [1.82, 2.24) is 0 Å². The summed E-state index contributed by atoms with van der Waals surface area (Å²) in [5, 5.41) is 4.15. The molecule has 0 bridgehead atoms. The molecular weight excluding hydrogens is 377 g/mol. The summed E-state index contributed by atoms with van der Waals surface area (Å²) >= 11 is 0. The third-order valence-electron chi connectivity index (χ3n) is 6.09. The number of hydrogen-bond donors (Lipinski definition) is 0. The third kappa shape index (κ3) is 3.70. The van der Waals surface area contributed by atoms with E-state index in [0.717, 1.165) is 28.5 Å². The van der Waals surface area contributed by atoms with Crippen molar-refractivity contribution >= 4 is 27.5 Å². The maximum absolute atomic E-state index is 13.5. The molecule has 2 unspecified atom stereocenters. The normalized spacial score (nSPS) is 16.4. The third-order valence-corrected chi connectivity index (χ3v) is 6.09. The van der Waals surface area contributed by atoms with E-state index in [2.05, 4.69) is 6.07 Å². The summed E-state index contributed by atoms with van der Waals surface area (Å²) in [6, 6.07) is 17.7. The summed E-state index contributed by atoms with van der Waals surface area (Å²) in [6.07, 6.45) is -4.69. The predicted octanol–water partition coefficient (Wildman–Crippen LogP) is 7.14. The SMILES string of the molecule is CCC(C)(OC(=O)C(C)(CC)C(F)(F)F)c1ccc2cc3ccccc3cc2c1. The molecule has 2 atom stereocenters. The van der Waals surface area contributed by atoms with Crippen molar-refractivity contribution in [2.24, 2.45) is 5.41 Å². The van der Waals surface area contributed by atoms with Crippen LogP contribution in [0.5, 0.6) is 0 Å². The van der Waals surface area contributed by atoms with Crippen molar-refractivity contribution < 1.29 is 22.7 Å². The first-order valence-electron chi connectivity index (χ1n) is 9.77. The molecule has 0 saturated carbocycles. The van der Waals surface area contributed by atoms with Crippen LogP contribution in [0.3, 0.4) is 0 Å². The quantitative estimate of drug-likeness (QED) is 0.335. The van der Waals surface area contributed by atoms with Crippen LogP contribution in [0.2, 0.25) is 0 Å². The van der Waals surface area contributed by atoms with E-state index in [1.807, 2.05) is 48.5 Å². The minimum absolute atomic E-state index is 0.357. The van der Waals surface area contributed by atoms with E-state index in [1.165, 1.54) is 6.92 Å². The zero-order valence-corrected chi connectivity index (χ0v) is 17.1. The molecule has 0 spiro atoms. The highest BCUT2D eigenvalue weighted by Crippen LogP contribution is 2.44. The molecule has 2 nitrogen and oxygen atoms in total. The lowest BCUT2D eigenvalue weighted by atomic mass is 9.85. The first-order valence-corrected chi connectivity index (χ1v) is 9.77. The largest absolute Gasteiger partial charge is 0.454 e. The minimum atomic E-state index is -4.67. The van der Waals surface area contributed by atoms with Crippen molar-refractivity contribution in [3.05, 3.63) is 60.2 Å². The lowest BCUT2D eigenvalue weighted by Gasteiger charge is -2.35. The van der Waals surface area contributed by atoms with Crippen molar-refractivity contribution in [3.8, 4) is 0 Å². The molecule has 3 rings (SSSR count). The zero-order valence-electron chi connectivity index (χ0n) is 17.1. The fourth-order valence-corrected chi connectivity index (χ4v) is 3.38. The highest BCUT2D eigenvalue weighted by Gasteiger charge is 2.57. The number of ether oxygens (including phenoxy) is 1. The fourth-order valence-electron chi connectivity index (χ4n) is 3.38. The highest BCUT2D eigenvalue weighted by atomic mass is 19.4. The number of benzene rings is 3. The Balaban J connectivity index is 2.02. The number of carbonyl (C=O) groups excluding carboxylic acids is 1. The molecule has 0 radical (unpaired) electrons. The van der Waals surface area contributed by atoms with E-state index in [9.17, 15) is 18.0 Å². The van der Waals surface area contributed by atoms with Crippen LogP contribution in [-0.4, -0.2) is 12.1 Å². The smallest absolute Gasteiger partial charge is 0.404 e. The van der Waals surface area contributed by atoms with Gasteiger partial charge in [0, 0.05) is 0 Å². The molecule has 0 fully saturated rings. The lowest BCUT2D eigenvalue weighted by molar-refractivity contribution is -0.238. The molecule has 0 amide bonds. The predicted molar refractivity (Wildman–Crippen MR) is 110 cm³/mol. The van der Waals surface area contributed by atoms with E-state index in [4.69, 9.17) is 4.74 Å². The van der Waals surface area contributed by atoms with Crippen LogP contribution in [0, 0.1) is 5.41 Å². The Hall–Kier alpha value is -2.56. The molecule has 5 heteroatoms. The average Bonchev–Trinajstić information content (AvgIpc) is 2.69. The topological polar surface area (TPSA) is 26.3 Å². The van der Waals surface area contributed by atoms with E-state index >= 15 is 0 Å². The Morgan fingerprint density at radius 2 is 1.38 bits per heavy atom. The molecule has 0 aliphatic rings. The Bertz CT molecular complexity index is 1060. The summed E-state index contributed by atoms with van der Waals surface area (Å²) in [4.78, 5) is 12.6. The van der Waals surface area contributed by atoms with E-state index in [1.54, 1.807) is 13.8 Å². The van der Waals surface area contributed by atoms with E-state index in [-0.39, 0.29) is 6.42 Å². The second-order valence-corrected chi connectivity index (χ2v) is 7.92. The molecule has 29 heavy (non-hydrogen) atoms. The van der Waals surface area contributed by atoms with Crippen LogP contribution in [0.15, 0.2) is 54.6 Å². The molecule has 0 aromatic heterocycles. The number of hydrogen-bond acceptors (Lipinski definition) is 2. The van der Waals surface area contributed by atoms with Gasteiger partial charge in [-0.15, -0.1) is 0 Å². The van der Waals surface area contributed by atoms with Gasteiger partial charge < -0.3 is 4.74 Å². The monoisotopic (exact) mass is 402 g/mol. The molecule has 3 aromatic carbocycles. The van der Waals surface area contributed by atoms with Crippen LogP contribution >= 0.6 is 0 Å². The second-order valence-electron chi connectivity index (χ2n) is 7.92. The van der Waals surface area contributed by atoms with Gasteiger partial charge in [-0.1, -0.05) is 50.2 Å². The number of rotatable bonds is 5. The van der Waals surface area contributed by atoms with Gasteiger partial charge in [-0.2, -0.15) is 13.2 Å². The van der Waals surface area contributed by atoms with Crippen molar-refractivity contribution in [3.63, 3.8) is 0 Å². The molecule has 0 heterocycles. The highest BCUT2D eigenvalue weighted by molar-refractivity contribution is 5.98. The summed E-state index contributed by atoms with van der Waals surface area (Å²) < 4.78 is 46.0. The zero-order chi connectivity index (χ0) is 21.4. The molecule has 3 aromatic rings. The standard InChI is InChI=1S/C24H25F3O2/c1-5-22(3,24(25,26)27)21(28)29-23(4,6-2)20-12-11-18-13-16-9-7-8-10-17(16)14-19(18)15-20/h7-15H,5-6H2,1-4H3. The Kier molecular flexibility index (Phi) is 5.37. The molecule has 0 N–H and O–H groups in total. The first-order chi connectivity index (χ1) is 13.5. The van der Waals surface area contributed by atoms with Gasteiger partial charge in [0.15, 0.2) is 5.41 Å². The van der Waals surface area contributed by atoms with Crippen molar-refractivity contribution in [2.75, 3.05) is 0 Å².